The van der Waals surface area contributed by atoms with Crippen molar-refractivity contribution in [3.63, 3.8) is 0 Å². The van der Waals surface area contributed by atoms with E-state index in [9.17, 15) is 18.0 Å². The van der Waals surface area contributed by atoms with Crippen molar-refractivity contribution >= 4 is 27.5 Å². The van der Waals surface area contributed by atoms with Gasteiger partial charge in [0, 0.05) is 26.2 Å². The molecule has 34 heavy (non-hydrogen) atoms. The van der Waals surface area contributed by atoms with Gasteiger partial charge in [-0.25, -0.2) is 8.42 Å². The topological polar surface area (TPSA) is 114 Å². The lowest BCUT2D eigenvalue weighted by Gasteiger charge is -2.18. The minimum absolute atomic E-state index is 0.0290. The summed E-state index contributed by atoms with van der Waals surface area (Å²) < 4.78 is 39.8. The molecular weight excluding hydrogens is 458 g/mol. The number of anilines is 1. The highest BCUT2D eigenvalue weighted by Crippen LogP contribution is 2.27. The molecule has 10 heteroatoms. The Morgan fingerprint density at radius 1 is 1.09 bits per heavy atom. The number of nitrogens with one attached hydrogen (secondary N) is 2. The van der Waals surface area contributed by atoms with Crippen LogP contribution < -0.4 is 14.8 Å². The molecule has 0 radical (unpaired) electrons. The average molecular weight is 488 g/mol. The van der Waals surface area contributed by atoms with Crippen molar-refractivity contribution in [1.82, 2.24) is 10.2 Å². The van der Waals surface area contributed by atoms with Gasteiger partial charge >= 0.3 is 0 Å². The molecule has 2 heterocycles. The summed E-state index contributed by atoms with van der Waals surface area (Å²) in [4.78, 5) is 27.3. The van der Waals surface area contributed by atoms with Crippen LogP contribution in [0.1, 0.15) is 46.4 Å². The molecule has 182 valence electrons. The van der Waals surface area contributed by atoms with E-state index in [0.29, 0.717) is 32.0 Å². The van der Waals surface area contributed by atoms with Crippen molar-refractivity contribution in [2.24, 2.45) is 0 Å². The highest BCUT2D eigenvalue weighted by atomic mass is 32.2. The van der Waals surface area contributed by atoms with Gasteiger partial charge in [0.2, 0.25) is 0 Å². The number of methoxy groups -OCH3 is 1. The molecule has 0 spiro atoms. The highest BCUT2D eigenvalue weighted by molar-refractivity contribution is 7.92. The van der Waals surface area contributed by atoms with Crippen LogP contribution in [0.3, 0.4) is 0 Å². The summed E-state index contributed by atoms with van der Waals surface area (Å²) >= 11 is 0. The van der Waals surface area contributed by atoms with Gasteiger partial charge in [-0.2, -0.15) is 0 Å². The third-order valence-electron chi connectivity index (χ3n) is 6.04. The Hall–Kier alpha value is -3.11. The molecule has 2 N–H and O–H groups in total. The Kier molecular flexibility index (Phi) is 7.38. The summed E-state index contributed by atoms with van der Waals surface area (Å²) in [5.41, 5.74) is 0.538. The second-order valence-electron chi connectivity index (χ2n) is 8.36. The molecule has 1 atom stereocenters. The van der Waals surface area contributed by atoms with Crippen molar-refractivity contribution < 1.29 is 27.5 Å². The fraction of sp³-hybridized carbons (Fsp3) is 0.417. The normalized spacial score (nSPS) is 18.0. The summed E-state index contributed by atoms with van der Waals surface area (Å²) in [6.45, 7) is 2.30. The largest absolute Gasteiger partial charge is 0.496 e. The third kappa shape index (κ3) is 5.34. The van der Waals surface area contributed by atoms with Gasteiger partial charge in [-0.05, 0) is 56.0 Å². The summed E-state index contributed by atoms with van der Waals surface area (Å²) in [5, 5.41) is 2.81. The first-order chi connectivity index (χ1) is 16.4. The Labute approximate surface area is 199 Å². The maximum Gasteiger partial charge on any atom is 0.261 e. The molecule has 0 bridgehead atoms. The molecule has 2 saturated heterocycles. The van der Waals surface area contributed by atoms with Crippen LogP contribution in [-0.4, -0.2) is 64.6 Å². The number of amides is 2. The van der Waals surface area contributed by atoms with Gasteiger partial charge in [-0.3, -0.25) is 14.3 Å². The number of likely N-dealkylation sites (tertiary alicyclic amines) is 1. The number of rotatable bonds is 8. The first kappa shape index (κ1) is 24.0. The van der Waals surface area contributed by atoms with Gasteiger partial charge in [0.1, 0.15) is 5.75 Å². The van der Waals surface area contributed by atoms with Crippen molar-refractivity contribution in [1.29, 1.82) is 0 Å². The molecule has 2 amide bonds. The molecule has 0 saturated carbocycles. The van der Waals surface area contributed by atoms with Crippen LogP contribution in [0.5, 0.6) is 5.75 Å². The Morgan fingerprint density at radius 2 is 1.85 bits per heavy atom. The molecule has 2 fully saturated rings. The van der Waals surface area contributed by atoms with E-state index in [0.717, 1.165) is 25.7 Å². The summed E-state index contributed by atoms with van der Waals surface area (Å²) in [6, 6.07) is 10.6. The average Bonchev–Trinajstić information content (AvgIpc) is 3.56. The minimum atomic E-state index is -4.09. The van der Waals surface area contributed by atoms with Crippen LogP contribution in [0, 0.1) is 0 Å². The zero-order valence-electron chi connectivity index (χ0n) is 19.1. The van der Waals surface area contributed by atoms with Gasteiger partial charge in [0.05, 0.1) is 34.9 Å². The number of sulfonamides is 1. The Bertz CT molecular complexity index is 1160. The van der Waals surface area contributed by atoms with E-state index in [4.69, 9.17) is 9.47 Å². The van der Waals surface area contributed by atoms with E-state index >= 15 is 0 Å². The number of nitrogens with zero attached hydrogens (tertiary/aromatic N) is 1. The van der Waals surface area contributed by atoms with E-state index in [2.05, 4.69) is 10.0 Å². The van der Waals surface area contributed by atoms with Crippen LogP contribution in [0.25, 0.3) is 0 Å². The number of carbonyl (C=O) groups is 2. The fourth-order valence-corrected chi connectivity index (χ4v) is 5.30. The smallest absolute Gasteiger partial charge is 0.261 e. The van der Waals surface area contributed by atoms with E-state index in [1.807, 2.05) is 0 Å². The second kappa shape index (κ2) is 10.4. The van der Waals surface area contributed by atoms with Crippen LogP contribution in [0.15, 0.2) is 47.4 Å². The monoisotopic (exact) mass is 487 g/mol. The zero-order valence-corrected chi connectivity index (χ0v) is 19.9. The van der Waals surface area contributed by atoms with Crippen molar-refractivity contribution in [3.05, 3.63) is 53.6 Å². The maximum atomic E-state index is 13.2. The quantitative estimate of drug-likeness (QED) is 0.592. The number of hydrogen-bond donors (Lipinski definition) is 2. The van der Waals surface area contributed by atoms with Gasteiger partial charge in [0.15, 0.2) is 0 Å². The number of carbonyl (C=O) groups excluding carboxylic acids is 2. The lowest BCUT2D eigenvalue weighted by molar-refractivity contribution is 0.0788. The van der Waals surface area contributed by atoms with Gasteiger partial charge in [-0.15, -0.1) is 0 Å². The fourth-order valence-electron chi connectivity index (χ4n) is 4.19. The van der Waals surface area contributed by atoms with Crippen LogP contribution >= 0.6 is 0 Å². The van der Waals surface area contributed by atoms with E-state index in [1.165, 1.54) is 31.4 Å². The summed E-state index contributed by atoms with van der Waals surface area (Å²) in [7, 11) is -2.65. The molecular formula is C24H29N3O6S. The van der Waals surface area contributed by atoms with Gasteiger partial charge < -0.3 is 19.7 Å². The SMILES string of the molecule is COc1ccc(S(=O)(=O)Nc2ccccc2C(=O)NC[C@H]2CCCO2)cc1C(=O)N1CCCC1. The summed E-state index contributed by atoms with van der Waals surface area (Å²) in [6.07, 6.45) is 3.64. The van der Waals surface area contributed by atoms with Gasteiger partial charge in [-0.1, -0.05) is 12.1 Å². The first-order valence-electron chi connectivity index (χ1n) is 11.4. The van der Waals surface area contributed by atoms with Crippen molar-refractivity contribution in [2.45, 2.75) is 36.7 Å². The Balaban J connectivity index is 1.55. The number of hydrogen-bond acceptors (Lipinski definition) is 6. The predicted molar refractivity (Wildman–Crippen MR) is 127 cm³/mol. The summed E-state index contributed by atoms with van der Waals surface area (Å²) in [5.74, 6) is -0.349. The molecule has 0 aliphatic carbocycles. The molecule has 2 aromatic rings. The molecule has 2 aliphatic rings. The zero-order chi connectivity index (χ0) is 24.1. The lowest BCUT2D eigenvalue weighted by atomic mass is 10.1. The molecule has 4 rings (SSSR count). The van der Waals surface area contributed by atoms with Crippen LogP contribution in [0.4, 0.5) is 5.69 Å². The van der Waals surface area contributed by atoms with Gasteiger partial charge in [0.25, 0.3) is 21.8 Å². The maximum absolute atomic E-state index is 13.2. The second-order valence-corrected chi connectivity index (χ2v) is 10.0. The molecule has 0 unspecified atom stereocenters. The predicted octanol–water partition coefficient (Wildman–Crippen LogP) is 2.64. The molecule has 0 aromatic heterocycles. The lowest BCUT2D eigenvalue weighted by Crippen LogP contribution is -2.32. The Morgan fingerprint density at radius 3 is 2.56 bits per heavy atom. The van der Waals surface area contributed by atoms with Crippen LogP contribution in [-0.2, 0) is 14.8 Å². The third-order valence-corrected chi connectivity index (χ3v) is 7.40. The van der Waals surface area contributed by atoms with Crippen molar-refractivity contribution in [2.75, 3.05) is 38.1 Å². The molecule has 2 aromatic carbocycles. The standard InChI is InChI=1S/C24H29N3O6S/c1-32-22-11-10-18(15-20(22)24(29)27-12-4-5-13-27)34(30,31)26-21-9-3-2-8-19(21)23(28)25-16-17-7-6-14-33-17/h2-3,8-11,15,17,26H,4-7,12-14,16H2,1H3,(H,25,28)/t17-/m1/s1. The minimum Gasteiger partial charge on any atom is -0.496 e. The highest BCUT2D eigenvalue weighted by Gasteiger charge is 2.26. The number of benzene rings is 2. The van der Waals surface area contributed by atoms with E-state index in [-0.39, 0.29) is 33.7 Å². The number of para-hydroxylation sites is 1. The van der Waals surface area contributed by atoms with E-state index in [1.54, 1.807) is 23.1 Å². The first-order valence-corrected chi connectivity index (χ1v) is 12.9. The van der Waals surface area contributed by atoms with E-state index < -0.39 is 15.9 Å². The van der Waals surface area contributed by atoms with Crippen molar-refractivity contribution in [3.8, 4) is 5.75 Å². The molecule has 2 aliphatic heterocycles. The molecule has 9 nitrogen and oxygen atoms in total. The number of ether oxygens (including phenoxy) is 2. The van der Waals surface area contributed by atoms with Crippen LogP contribution in [0.2, 0.25) is 0 Å².